The number of carbonyl (C=O) groups is 1. The molecule has 0 spiro atoms. The van der Waals surface area contributed by atoms with E-state index >= 15 is 0 Å². The Morgan fingerprint density at radius 1 is 1.14 bits per heavy atom. The molecule has 0 saturated carbocycles. The minimum Gasteiger partial charge on any atom is -0.491 e. The molecule has 0 unspecified atom stereocenters. The van der Waals surface area contributed by atoms with Crippen molar-refractivity contribution in [3.05, 3.63) is 53.6 Å². The predicted molar refractivity (Wildman–Crippen MR) is 106 cm³/mol. The Morgan fingerprint density at radius 2 is 1.86 bits per heavy atom. The summed E-state index contributed by atoms with van der Waals surface area (Å²) in [5, 5.41) is 13.5. The van der Waals surface area contributed by atoms with Crippen LogP contribution in [-0.4, -0.2) is 43.4 Å². The zero-order chi connectivity index (χ0) is 19.9. The van der Waals surface area contributed by atoms with E-state index in [9.17, 15) is 9.90 Å². The third kappa shape index (κ3) is 5.24. The molecular formula is C22H27NO5. The van der Waals surface area contributed by atoms with Crippen molar-refractivity contribution in [1.29, 1.82) is 0 Å². The standard InChI is InChI=1S/C22H27NO5/c1-3-20(25)16-4-7-19(8-5-16)28-14-18(24)13-23-15(2)17-6-9-21-22(12-17)27-11-10-26-21/h4-9,12,15,18,23-24H,3,10-11,13-14H2,1-2H3/t15-,18+/m1/s1. The lowest BCUT2D eigenvalue weighted by Crippen LogP contribution is -2.33. The number of aliphatic hydroxyl groups excluding tert-OH is 1. The van der Waals surface area contributed by atoms with E-state index in [1.165, 1.54) is 0 Å². The number of rotatable bonds is 9. The number of benzene rings is 2. The van der Waals surface area contributed by atoms with Crippen molar-refractivity contribution >= 4 is 5.78 Å². The van der Waals surface area contributed by atoms with Gasteiger partial charge in [-0.25, -0.2) is 0 Å². The number of hydrogen-bond acceptors (Lipinski definition) is 6. The molecule has 1 heterocycles. The summed E-state index contributed by atoms with van der Waals surface area (Å²) in [6, 6.07) is 12.9. The molecule has 150 valence electrons. The van der Waals surface area contributed by atoms with E-state index in [2.05, 4.69) is 5.32 Å². The van der Waals surface area contributed by atoms with Gasteiger partial charge in [0, 0.05) is 24.6 Å². The molecule has 28 heavy (non-hydrogen) atoms. The molecule has 0 radical (unpaired) electrons. The molecule has 6 nitrogen and oxygen atoms in total. The number of ether oxygens (including phenoxy) is 3. The van der Waals surface area contributed by atoms with Crippen molar-refractivity contribution in [3.63, 3.8) is 0 Å². The summed E-state index contributed by atoms with van der Waals surface area (Å²) in [5.41, 5.74) is 1.74. The Kier molecular flexibility index (Phi) is 6.90. The van der Waals surface area contributed by atoms with Crippen LogP contribution in [0, 0.1) is 0 Å². The van der Waals surface area contributed by atoms with Crippen LogP contribution in [0.4, 0.5) is 0 Å². The second-order valence-corrected chi connectivity index (χ2v) is 6.80. The van der Waals surface area contributed by atoms with Crippen LogP contribution in [0.1, 0.15) is 42.2 Å². The SMILES string of the molecule is CCC(=O)c1ccc(OC[C@@H](O)CN[C@H](C)c2ccc3c(c2)OCCO3)cc1. The largest absolute Gasteiger partial charge is 0.491 e. The lowest BCUT2D eigenvalue weighted by Gasteiger charge is -2.22. The third-order valence-corrected chi connectivity index (χ3v) is 4.67. The Morgan fingerprint density at radius 3 is 2.57 bits per heavy atom. The van der Waals surface area contributed by atoms with Crippen molar-refractivity contribution in [1.82, 2.24) is 5.32 Å². The van der Waals surface area contributed by atoms with Gasteiger partial charge in [-0.15, -0.1) is 0 Å². The average molecular weight is 385 g/mol. The van der Waals surface area contributed by atoms with Gasteiger partial charge >= 0.3 is 0 Å². The van der Waals surface area contributed by atoms with Gasteiger partial charge in [-0.2, -0.15) is 0 Å². The Balaban J connectivity index is 1.45. The average Bonchev–Trinajstić information content (AvgIpc) is 2.75. The smallest absolute Gasteiger partial charge is 0.162 e. The summed E-state index contributed by atoms with van der Waals surface area (Å²) < 4.78 is 16.8. The first kappa shape index (κ1) is 20.2. The molecule has 1 aliphatic rings. The van der Waals surface area contributed by atoms with Crippen LogP contribution in [0.3, 0.4) is 0 Å². The van der Waals surface area contributed by atoms with Gasteiger partial charge in [-0.05, 0) is 48.9 Å². The molecule has 2 N–H and O–H groups in total. The third-order valence-electron chi connectivity index (χ3n) is 4.67. The summed E-state index contributed by atoms with van der Waals surface area (Å²) in [6.07, 6.45) is -0.178. The maximum absolute atomic E-state index is 11.6. The fourth-order valence-electron chi connectivity index (χ4n) is 2.95. The topological polar surface area (TPSA) is 77.0 Å². The number of aliphatic hydroxyl groups is 1. The van der Waals surface area contributed by atoms with Gasteiger partial charge in [-0.1, -0.05) is 13.0 Å². The van der Waals surface area contributed by atoms with Crippen LogP contribution in [0.2, 0.25) is 0 Å². The van der Waals surface area contributed by atoms with Crippen molar-refractivity contribution in [2.24, 2.45) is 0 Å². The van der Waals surface area contributed by atoms with Gasteiger partial charge in [0.05, 0.1) is 0 Å². The van der Waals surface area contributed by atoms with Crippen LogP contribution in [0.15, 0.2) is 42.5 Å². The maximum atomic E-state index is 11.6. The van der Waals surface area contributed by atoms with Crippen molar-refractivity contribution in [2.45, 2.75) is 32.4 Å². The van der Waals surface area contributed by atoms with Crippen LogP contribution < -0.4 is 19.5 Å². The van der Waals surface area contributed by atoms with Crippen molar-refractivity contribution in [3.8, 4) is 17.2 Å². The normalized spacial score (nSPS) is 15.0. The second-order valence-electron chi connectivity index (χ2n) is 6.80. The van der Waals surface area contributed by atoms with Gasteiger partial charge in [0.2, 0.25) is 0 Å². The summed E-state index contributed by atoms with van der Waals surface area (Å²) in [6.45, 7) is 5.56. The summed E-state index contributed by atoms with van der Waals surface area (Å²) in [7, 11) is 0. The van der Waals surface area contributed by atoms with Crippen LogP contribution in [0.5, 0.6) is 17.2 Å². The molecule has 0 bridgehead atoms. The van der Waals surface area contributed by atoms with Gasteiger partial charge in [0.15, 0.2) is 17.3 Å². The molecule has 0 aromatic heterocycles. The number of hydrogen-bond donors (Lipinski definition) is 2. The summed E-state index contributed by atoms with van der Waals surface area (Å²) in [5.74, 6) is 2.25. The highest BCUT2D eigenvalue weighted by Gasteiger charge is 2.15. The van der Waals surface area contributed by atoms with Gasteiger partial charge in [-0.3, -0.25) is 4.79 Å². The van der Waals surface area contributed by atoms with E-state index in [0.29, 0.717) is 37.5 Å². The molecule has 3 rings (SSSR count). The van der Waals surface area contributed by atoms with Crippen molar-refractivity contribution in [2.75, 3.05) is 26.4 Å². The lowest BCUT2D eigenvalue weighted by molar-refractivity contribution is 0.0986. The number of ketones is 1. The molecule has 2 aromatic rings. The predicted octanol–water partition coefficient (Wildman–Crippen LogP) is 3.14. The van der Waals surface area contributed by atoms with E-state index in [0.717, 1.165) is 17.1 Å². The highest BCUT2D eigenvalue weighted by atomic mass is 16.6. The highest BCUT2D eigenvalue weighted by molar-refractivity contribution is 5.95. The van der Waals surface area contributed by atoms with Crippen LogP contribution >= 0.6 is 0 Å². The molecule has 0 amide bonds. The van der Waals surface area contributed by atoms with E-state index in [1.807, 2.05) is 32.0 Å². The molecule has 0 saturated heterocycles. The monoisotopic (exact) mass is 385 g/mol. The molecular weight excluding hydrogens is 358 g/mol. The second kappa shape index (κ2) is 9.57. The van der Waals surface area contributed by atoms with Crippen LogP contribution in [-0.2, 0) is 0 Å². The highest BCUT2D eigenvalue weighted by Crippen LogP contribution is 2.32. The molecule has 0 fully saturated rings. The minimum atomic E-state index is -0.656. The molecule has 6 heteroatoms. The first-order valence-electron chi connectivity index (χ1n) is 9.64. The summed E-state index contributed by atoms with van der Waals surface area (Å²) in [4.78, 5) is 11.6. The Labute approximate surface area is 165 Å². The van der Waals surface area contributed by atoms with Crippen molar-refractivity contribution < 1.29 is 24.1 Å². The molecule has 0 aliphatic carbocycles. The van der Waals surface area contributed by atoms with E-state index in [-0.39, 0.29) is 18.4 Å². The first-order chi connectivity index (χ1) is 13.6. The lowest BCUT2D eigenvalue weighted by atomic mass is 10.1. The number of Topliss-reactive ketones (excluding diaryl/α,β-unsaturated/α-hetero) is 1. The fourth-order valence-corrected chi connectivity index (χ4v) is 2.95. The number of fused-ring (bicyclic) bond motifs is 1. The Hall–Kier alpha value is -2.57. The number of nitrogens with one attached hydrogen (secondary N) is 1. The molecule has 2 aromatic carbocycles. The Bertz CT molecular complexity index is 790. The summed E-state index contributed by atoms with van der Waals surface area (Å²) >= 11 is 0. The van der Waals surface area contributed by atoms with Gasteiger partial charge in [0.25, 0.3) is 0 Å². The van der Waals surface area contributed by atoms with E-state index < -0.39 is 6.10 Å². The zero-order valence-electron chi connectivity index (χ0n) is 16.3. The quantitative estimate of drug-likeness (QED) is 0.646. The van der Waals surface area contributed by atoms with E-state index in [1.54, 1.807) is 24.3 Å². The van der Waals surface area contributed by atoms with E-state index in [4.69, 9.17) is 14.2 Å². The molecule has 2 atom stereocenters. The van der Waals surface area contributed by atoms with Crippen LogP contribution in [0.25, 0.3) is 0 Å². The zero-order valence-corrected chi connectivity index (χ0v) is 16.3. The number of carbonyl (C=O) groups excluding carboxylic acids is 1. The van der Waals surface area contributed by atoms with Gasteiger partial charge in [0.1, 0.15) is 31.7 Å². The fraction of sp³-hybridized carbons (Fsp3) is 0.409. The maximum Gasteiger partial charge on any atom is 0.162 e. The molecule has 1 aliphatic heterocycles. The van der Waals surface area contributed by atoms with Gasteiger partial charge < -0.3 is 24.6 Å². The first-order valence-corrected chi connectivity index (χ1v) is 9.64. The minimum absolute atomic E-state index is 0.0461.